The number of hydrogen-bond acceptors (Lipinski definition) is 4. The summed E-state index contributed by atoms with van der Waals surface area (Å²) in [6.45, 7) is 17.9. The average molecular weight is 1790 g/mol. The number of aryl methyl sites for hydroxylation is 4. The van der Waals surface area contributed by atoms with Gasteiger partial charge in [-0.25, -0.2) is 18.3 Å². The third-order valence-corrected chi connectivity index (χ3v) is 33.9. The molecule has 146 heavy (non-hydrogen) atoms. The van der Waals surface area contributed by atoms with Gasteiger partial charge in [0.15, 0.2) is 24.8 Å². The molecular weight excluding hydrogens is 1700 g/mol. The van der Waals surface area contributed by atoms with Crippen LogP contribution in [0.15, 0.2) is 222 Å². The second-order valence-electron chi connectivity index (χ2n) is 42.7. The number of nitrogens with zero attached hydrogens (tertiary/aromatic N) is 8. The van der Waals surface area contributed by atoms with Crippen molar-refractivity contribution in [3.63, 3.8) is 0 Å². The van der Waals surface area contributed by atoms with Gasteiger partial charge in [-0.1, -0.05) is 182 Å². The molecule has 64 radical (unpaired) electrons. The molecule has 8 aliphatic heterocycles. The predicted octanol–water partition coefficient (Wildman–Crippen LogP) is -9.59. The van der Waals surface area contributed by atoms with Crippen molar-refractivity contribution in [1.29, 1.82) is 0 Å². The Hall–Kier alpha value is -4.20. The van der Waals surface area contributed by atoms with E-state index in [-0.39, 0.29) is 107 Å². The third-order valence-electron chi connectivity index (χ3n) is 33.9. The van der Waals surface area contributed by atoms with Gasteiger partial charge in [-0.3, -0.25) is 0 Å². The lowest BCUT2D eigenvalue weighted by molar-refractivity contribution is -0.654. The standard InChI is InChI=1S/C19H23B10N.C15H14B10N.C15H15B10N.C12H15B10N2.C9H10B10N.C8H13B10N2/c1-13(2)11-15-5-7-16(8-6-15)17-9-10-30(4)18(12-17)26-14(3)19(26,27(21)22)28(25-20)29(23)24;1-21-14(15(23(16)17)24(18)25(19)20)22(21)13-10-12(8-9-26(13)2)11-6-4-3-5-7-11;1-11-15(23(17)18,24(21-16)25(19)20)22(11)14-9-8-13(10-26(14)2)12-6-4-3-5-7-12;1-8-12(20(14)15,21(18-13)22(16)17)19(8)24-9(2)23(3)10-6-4-5-7-11(10)24;1-15-8(9(17(10)11)18(12)19(13)14)16(15)7-5-3-4-6-20(7)2;1-6-8(16(10)11,17(14-9)18(12)13)15(6)20-5-4-19(3)7(20)2/h5-10,12-14H,11H2,1-4H3;3-10H,1-2H3;3-11H,1-2H3;4-9H,1-3H3;3-6H,1-2H3;4-7H,1-3H3/q3*+1;;+1;/b;15-14-;;;9-8-;/t;;;8?,9-,12?;;6?,7-,8?/m...0.0/s1. The van der Waals surface area contributed by atoms with Crippen molar-refractivity contribution in [3.8, 4) is 33.4 Å². The van der Waals surface area contributed by atoms with Gasteiger partial charge in [-0.2, -0.15) is 21.5 Å². The van der Waals surface area contributed by atoms with Crippen LogP contribution in [0, 0.1) is 5.92 Å². The Labute approximate surface area is 934 Å². The lowest BCUT2D eigenvalue weighted by Crippen LogP contribution is -2.59. The summed E-state index contributed by atoms with van der Waals surface area (Å²) >= 11 is 0. The van der Waals surface area contributed by atoms with E-state index < -0.39 is 106 Å². The Morgan fingerprint density at radius 2 is 0.733 bits per heavy atom. The molecule has 68 heteroatoms. The number of benzene rings is 4. The average Bonchev–Trinajstić information content (AvgIpc) is 1.51. The summed E-state index contributed by atoms with van der Waals surface area (Å²) in [7, 11) is 199. The smallest absolute Gasteiger partial charge is 0.251 e. The zero-order valence-corrected chi connectivity index (χ0v) is 88.5. The van der Waals surface area contributed by atoms with Crippen LogP contribution in [0.25, 0.3) is 33.4 Å². The molecular formula is C78H90B60N8+4. The van der Waals surface area contributed by atoms with Crippen LogP contribution in [0.5, 0.6) is 0 Å². The van der Waals surface area contributed by atoms with Crippen molar-refractivity contribution >= 4 is 464 Å². The van der Waals surface area contributed by atoms with Gasteiger partial charge in [0.05, 0.1) is 44.0 Å². The minimum atomic E-state index is -0.690. The van der Waals surface area contributed by atoms with E-state index in [4.69, 9.17) is 232 Å². The van der Waals surface area contributed by atoms with E-state index in [2.05, 4.69) is 254 Å². The zero-order valence-electron chi connectivity index (χ0n) is 88.5. The quantitative estimate of drug-likeness (QED) is 0.0303. The number of pyridine rings is 4. The minimum absolute atomic E-state index is 0.127. The van der Waals surface area contributed by atoms with Gasteiger partial charge in [0.25, 0.3) is 13.4 Å². The maximum absolute atomic E-state index is 6.30. The third kappa shape index (κ3) is 24.5. The highest BCUT2D eigenvalue weighted by molar-refractivity contribution is 7.80. The van der Waals surface area contributed by atoms with Crippen molar-refractivity contribution in [3.05, 3.63) is 228 Å². The first kappa shape index (κ1) is 122. The lowest BCUT2D eigenvalue weighted by Gasteiger charge is -2.36. The Balaban J connectivity index is 0.000000168. The molecule has 16 rings (SSSR count). The number of fused-ring (bicyclic) bond motifs is 1. The predicted molar refractivity (Wildman–Crippen MR) is 698 cm³/mol. The summed E-state index contributed by atoms with van der Waals surface area (Å²) in [6, 6.07) is 56.9. The molecule has 6 fully saturated rings. The molecule has 0 amide bonds. The second kappa shape index (κ2) is 51.2. The Morgan fingerprint density at radius 1 is 0.363 bits per heavy atom. The summed E-state index contributed by atoms with van der Waals surface area (Å²) in [4.78, 5) is 9.07. The number of para-hydroxylation sites is 2. The molecule has 6 saturated heterocycles. The molecule has 4 aromatic heterocycles. The number of rotatable bonds is 33. The fourth-order valence-corrected chi connectivity index (χ4v) is 25.6. The first-order chi connectivity index (χ1) is 68.8. The molecule has 8 aliphatic rings. The first-order valence-electron chi connectivity index (χ1n) is 51.0. The number of hydrogen-bond donors (Lipinski definition) is 0. The molecule has 0 spiro atoms. The largest absolute Gasteiger partial charge is 0.402 e. The van der Waals surface area contributed by atoms with Gasteiger partial charge in [-0.15, -0.1) is 20.5 Å². The molecule has 0 N–H and O–H groups in total. The summed E-state index contributed by atoms with van der Waals surface area (Å²) in [6.07, 6.45) is 10.3. The molecule has 0 saturated carbocycles. The number of anilines is 2. The summed E-state index contributed by atoms with van der Waals surface area (Å²) < 4.78 is 8.51. The minimum Gasteiger partial charge on any atom is -0.402 e. The molecule has 8 aromatic rings. The van der Waals surface area contributed by atoms with Gasteiger partial charge < -0.3 is 19.4 Å². The van der Waals surface area contributed by atoms with Crippen molar-refractivity contribution in [2.24, 2.45) is 34.1 Å². The molecule has 4 aromatic carbocycles. The van der Waals surface area contributed by atoms with E-state index in [0.717, 1.165) is 33.7 Å². The van der Waals surface area contributed by atoms with Crippen LogP contribution in [0.4, 0.5) is 11.4 Å². The number of aromatic nitrogens is 4. The highest BCUT2D eigenvalue weighted by atomic mass is 15.4. The van der Waals surface area contributed by atoms with Gasteiger partial charge in [0, 0.05) is 419 Å². The van der Waals surface area contributed by atoms with E-state index in [1.165, 1.54) is 66.9 Å². The lowest BCUT2D eigenvalue weighted by atomic mass is 8.73. The maximum atomic E-state index is 6.30. The fraction of sp³-hybridized carbons (Fsp3) is 0.359. The van der Waals surface area contributed by atoms with E-state index >= 15 is 0 Å². The first-order valence-corrected chi connectivity index (χ1v) is 51.0. The summed E-state index contributed by atoms with van der Waals surface area (Å²) in [5.41, 5.74) is 15.5. The fourth-order valence-electron chi connectivity index (χ4n) is 25.6. The van der Waals surface area contributed by atoms with Crippen molar-refractivity contribution in [2.45, 2.75) is 132 Å². The second-order valence-corrected chi connectivity index (χ2v) is 42.7. The van der Waals surface area contributed by atoms with Crippen LogP contribution >= 0.6 is 0 Å². The van der Waals surface area contributed by atoms with Crippen LogP contribution < -0.4 is 50.4 Å². The molecule has 10 atom stereocenters. The molecule has 0 aliphatic carbocycles. The monoisotopic (exact) mass is 1800 g/mol. The Bertz CT molecular complexity index is 5760. The van der Waals surface area contributed by atoms with Crippen molar-refractivity contribution in [1.82, 2.24) is 9.71 Å². The summed E-state index contributed by atoms with van der Waals surface area (Å²) in [5, 5.41) is 2.20. The SMILES string of the molecule is [B]B([B])B([B])/C(B([B])[B])=C1/B(C)B1c1cc(-c2ccccc2)cc[n+]1C.[B]B([B])B([B])/C(B([B])[B])=C1/B(C)B1c1cccc[n+]1C.[B][B]B(B([B])[B])C1(B([B])[B])B(N2C=CN(C)[C@@H]2C)C1C.[B][B]B(B([B])[B])C1(B([B])[B])B(N2c3ccccc3N(C)[C@@H]2C)C1C.[B][B]B(B([B])[B])C1(B([B])[B])B(c2cc(-c3ccc(CC(C)C)cc3)cc[n+]2C)C1C.[B][B]B(B([B])[B])C1(B([B])[B])B(c2ccc(-c3ccccc3)c[n+]2C)C1C. The topological polar surface area (TPSA) is 28.5 Å². The van der Waals surface area contributed by atoms with Crippen molar-refractivity contribution < 1.29 is 18.3 Å². The van der Waals surface area contributed by atoms with Gasteiger partial charge in [-0.05, 0) is 89.9 Å². The van der Waals surface area contributed by atoms with Crippen molar-refractivity contribution in [2.75, 3.05) is 23.8 Å². The maximum Gasteiger partial charge on any atom is 0.251 e. The summed E-state index contributed by atoms with van der Waals surface area (Å²) in [5.74, 6) is 1.60. The van der Waals surface area contributed by atoms with Crippen LogP contribution in [0.2, 0.25) is 57.4 Å². The highest BCUT2D eigenvalue weighted by Crippen LogP contribution is 2.70. The molecule has 0 bridgehead atoms. The highest BCUT2D eigenvalue weighted by Gasteiger charge is 2.76. The Morgan fingerprint density at radius 3 is 1.13 bits per heavy atom. The van der Waals surface area contributed by atoms with Gasteiger partial charge in [0.2, 0.25) is 26.9 Å². The van der Waals surface area contributed by atoms with Crippen LogP contribution in [0.3, 0.4) is 0 Å². The van der Waals surface area contributed by atoms with E-state index in [1.807, 2.05) is 96.2 Å². The van der Waals surface area contributed by atoms with E-state index in [1.54, 1.807) is 28.2 Å². The van der Waals surface area contributed by atoms with Crippen LogP contribution in [0.1, 0.15) is 61.0 Å². The molecule has 8 unspecified atom stereocenters. The van der Waals surface area contributed by atoms with Gasteiger partial charge in [0.1, 0.15) is 63.8 Å². The zero-order chi connectivity index (χ0) is 108. The van der Waals surface area contributed by atoms with Gasteiger partial charge >= 0.3 is 0 Å². The molecule has 8 nitrogen and oxygen atoms in total. The molecule has 12 heterocycles. The normalized spacial score (nSPS) is 21.6. The van der Waals surface area contributed by atoms with E-state index in [9.17, 15) is 0 Å². The Kier molecular flexibility index (Phi) is 42.8. The van der Waals surface area contributed by atoms with E-state index in [0.29, 0.717) is 19.1 Å². The van der Waals surface area contributed by atoms with Crippen LogP contribution in [-0.2, 0) is 34.6 Å². The molecule has 618 valence electrons. The van der Waals surface area contributed by atoms with Crippen LogP contribution in [-0.4, -0.2) is 466 Å².